The number of halogens is 6. The summed E-state index contributed by atoms with van der Waals surface area (Å²) >= 11 is 0. The molecule has 0 aromatic carbocycles. The zero-order chi connectivity index (χ0) is 26.9. The fourth-order valence-electron chi connectivity index (χ4n) is 3.91. The molecule has 2 fully saturated rings. The van der Waals surface area contributed by atoms with E-state index in [1.807, 2.05) is 24.7 Å². The number of hydrogen-bond acceptors (Lipinski definition) is 6. The molecule has 2 saturated heterocycles. The lowest BCUT2D eigenvalue weighted by Gasteiger charge is -2.21. The Morgan fingerprint density at radius 3 is 1.61 bits per heavy atom. The van der Waals surface area contributed by atoms with Crippen molar-refractivity contribution in [3.05, 3.63) is 60.2 Å². The first-order valence-corrected chi connectivity index (χ1v) is 10.6. The molecular formula is C22H24F6N4O4. The fourth-order valence-corrected chi connectivity index (χ4v) is 3.91. The van der Waals surface area contributed by atoms with Gasteiger partial charge >= 0.3 is 24.3 Å². The zero-order valence-electron chi connectivity index (χ0n) is 18.8. The second-order valence-corrected chi connectivity index (χ2v) is 8.19. The number of aliphatic carboxylic acids is 2. The maximum Gasteiger partial charge on any atom is 0.490 e. The van der Waals surface area contributed by atoms with Crippen molar-refractivity contribution in [1.82, 2.24) is 19.8 Å². The molecular weight excluding hydrogens is 498 g/mol. The van der Waals surface area contributed by atoms with Crippen molar-refractivity contribution in [1.29, 1.82) is 0 Å². The molecule has 4 heterocycles. The van der Waals surface area contributed by atoms with Crippen molar-refractivity contribution < 1.29 is 46.1 Å². The van der Waals surface area contributed by atoms with Crippen molar-refractivity contribution in [2.45, 2.75) is 25.4 Å². The normalized spacial score (nSPS) is 19.9. The molecule has 198 valence electrons. The van der Waals surface area contributed by atoms with Crippen LogP contribution in [0.25, 0.3) is 0 Å². The van der Waals surface area contributed by atoms with E-state index in [9.17, 15) is 26.3 Å². The second kappa shape index (κ2) is 12.6. The average molecular weight is 522 g/mol. The van der Waals surface area contributed by atoms with Gasteiger partial charge in [-0.1, -0.05) is 6.07 Å². The van der Waals surface area contributed by atoms with Gasteiger partial charge in [0.2, 0.25) is 0 Å². The molecule has 2 aromatic heterocycles. The minimum Gasteiger partial charge on any atom is -0.475 e. The number of carbonyl (C=O) groups is 2. The molecule has 0 spiro atoms. The maximum atomic E-state index is 10.6. The van der Waals surface area contributed by atoms with Gasteiger partial charge in [-0.05, 0) is 41.7 Å². The quantitative estimate of drug-likeness (QED) is 0.590. The van der Waals surface area contributed by atoms with Crippen LogP contribution in [0.5, 0.6) is 0 Å². The van der Waals surface area contributed by atoms with Crippen molar-refractivity contribution >= 4 is 11.9 Å². The summed E-state index contributed by atoms with van der Waals surface area (Å²) in [5.41, 5.74) is 2.57. The zero-order valence-corrected chi connectivity index (χ0v) is 18.8. The Morgan fingerprint density at radius 2 is 1.22 bits per heavy atom. The smallest absolute Gasteiger partial charge is 0.475 e. The van der Waals surface area contributed by atoms with E-state index in [4.69, 9.17) is 19.8 Å². The number of fused-ring (bicyclic) bond motifs is 1. The molecule has 4 rings (SSSR count). The van der Waals surface area contributed by atoms with Gasteiger partial charge in [-0.3, -0.25) is 19.8 Å². The van der Waals surface area contributed by atoms with Crippen LogP contribution in [0, 0.1) is 11.8 Å². The van der Waals surface area contributed by atoms with E-state index in [0.717, 1.165) is 24.9 Å². The number of pyridine rings is 2. The Labute approximate surface area is 202 Å². The highest BCUT2D eigenvalue weighted by molar-refractivity contribution is 5.73. The van der Waals surface area contributed by atoms with Crippen LogP contribution >= 0.6 is 0 Å². The Kier molecular flexibility index (Phi) is 10.2. The first-order valence-electron chi connectivity index (χ1n) is 10.6. The minimum atomic E-state index is -5.08. The highest BCUT2D eigenvalue weighted by atomic mass is 19.4. The molecule has 2 atom stereocenters. The molecule has 2 N–H and O–H groups in total. The number of aromatic nitrogens is 2. The molecule has 0 aliphatic carbocycles. The largest absolute Gasteiger partial charge is 0.490 e. The number of likely N-dealkylation sites (tertiary alicyclic amines) is 2. The molecule has 0 bridgehead atoms. The van der Waals surface area contributed by atoms with E-state index in [2.05, 4.69) is 44.0 Å². The van der Waals surface area contributed by atoms with Gasteiger partial charge in [0.05, 0.1) is 5.69 Å². The molecule has 2 aliphatic rings. The van der Waals surface area contributed by atoms with Crippen molar-refractivity contribution in [2.24, 2.45) is 11.8 Å². The van der Waals surface area contributed by atoms with Crippen LogP contribution in [-0.4, -0.2) is 80.5 Å². The third-order valence-corrected chi connectivity index (χ3v) is 5.39. The predicted molar refractivity (Wildman–Crippen MR) is 113 cm³/mol. The SMILES string of the molecule is O=C(O)C(F)(F)F.O=C(O)C(F)(F)F.c1ccc(CN2CC3CN(Cc4ccncc4)CC3C2)nc1. The third-order valence-electron chi connectivity index (χ3n) is 5.39. The number of alkyl halides is 6. The molecule has 2 aromatic rings. The molecule has 0 saturated carbocycles. The van der Waals surface area contributed by atoms with Crippen molar-refractivity contribution in [3.63, 3.8) is 0 Å². The van der Waals surface area contributed by atoms with Crippen LogP contribution < -0.4 is 0 Å². The van der Waals surface area contributed by atoms with Crippen LogP contribution in [-0.2, 0) is 22.7 Å². The third kappa shape index (κ3) is 9.77. The maximum absolute atomic E-state index is 10.6. The van der Waals surface area contributed by atoms with Crippen LogP contribution in [0.15, 0.2) is 48.9 Å². The van der Waals surface area contributed by atoms with Gasteiger partial charge in [0.25, 0.3) is 0 Å². The summed E-state index contributed by atoms with van der Waals surface area (Å²) in [6, 6.07) is 10.4. The monoisotopic (exact) mass is 522 g/mol. The first-order chi connectivity index (χ1) is 16.8. The Bertz CT molecular complexity index is 884. The fraction of sp³-hybridized carbons (Fsp3) is 0.455. The number of carboxylic acid groups (broad SMARTS) is 2. The van der Waals surface area contributed by atoms with E-state index in [1.165, 1.54) is 37.4 Å². The van der Waals surface area contributed by atoms with Gasteiger partial charge in [-0.25, -0.2) is 9.59 Å². The van der Waals surface area contributed by atoms with Crippen molar-refractivity contribution in [2.75, 3.05) is 26.2 Å². The number of carboxylic acids is 2. The molecule has 36 heavy (non-hydrogen) atoms. The minimum absolute atomic E-state index is 0.825. The first kappa shape index (κ1) is 29.0. The average Bonchev–Trinajstić information content (AvgIpc) is 3.32. The lowest BCUT2D eigenvalue weighted by atomic mass is 10.0. The van der Waals surface area contributed by atoms with Crippen molar-refractivity contribution in [3.8, 4) is 0 Å². The summed E-state index contributed by atoms with van der Waals surface area (Å²) < 4.78 is 63.5. The second-order valence-electron chi connectivity index (χ2n) is 8.19. The van der Waals surface area contributed by atoms with Gasteiger partial charge in [0.15, 0.2) is 0 Å². The van der Waals surface area contributed by atoms with Crippen LogP contribution in [0.1, 0.15) is 11.3 Å². The molecule has 14 heteroatoms. The Hall–Kier alpha value is -3.26. The van der Waals surface area contributed by atoms with E-state index >= 15 is 0 Å². The van der Waals surface area contributed by atoms with Crippen LogP contribution in [0.4, 0.5) is 26.3 Å². The lowest BCUT2D eigenvalue weighted by molar-refractivity contribution is -0.193. The standard InChI is InChI=1S/C18H22N4.2C2HF3O2/c1-2-6-20-18(3-1)14-22-12-16-10-21(11-17(16)13-22)9-15-4-7-19-8-5-15;2*3-2(4,5)1(6)7/h1-8,16-17H,9-14H2;2*(H,6,7). The summed E-state index contributed by atoms with van der Waals surface area (Å²) in [6.07, 6.45) is -4.50. The van der Waals surface area contributed by atoms with E-state index in [1.54, 1.807) is 0 Å². The summed E-state index contributed by atoms with van der Waals surface area (Å²) in [6.45, 7) is 6.95. The lowest BCUT2D eigenvalue weighted by Crippen LogP contribution is -2.28. The number of rotatable bonds is 4. The summed E-state index contributed by atoms with van der Waals surface area (Å²) in [5.74, 6) is -3.86. The topological polar surface area (TPSA) is 107 Å². The Balaban J connectivity index is 0.000000271. The number of hydrogen-bond donors (Lipinski definition) is 2. The highest BCUT2D eigenvalue weighted by Gasteiger charge is 2.40. The highest BCUT2D eigenvalue weighted by Crippen LogP contribution is 2.32. The van der Waals surface area contributed by atoms with Gasteiger partial charge in [-0.15, -0.1) is 0 Å². The molecule has 0 amide bonds. The molecule has 8 nitrogen and oxygen atoms in total. The van der Waals surface area contributed by atoms with E-state index in [0.29, 0.717) is 0 Å². The van der Waals surface area contributed by atoms with Gasteiger partial charge in [0, 0.05) is 57.9 Å². The molecule has 2 aliphatic heterocycles. The van der Waals surface area contributed by atoms with Crippen LogP contribution in [0.2, 0.25) is 0 Å². The van der Waals surface area contributed by atoms with Crippen LogP contribution in [0.3, 0.4) is 0 Å². The summed E-state index contributed by atoms with van der Waals surface area (Å²) in [4.78, 5) is 31.5. The Morgan fingerprint density at radius 1 is 0.778 bits per heavy atom. The summed E-state index contributed by atoms with van der Waals surface area (Å²) in [5, 5.41) is 14.2. The van der Waals surface area contributed by atoms with E-state index in [-0.39, 0.29) is 0 Å². The van der Waals surface area contributed by atoms with Gasteiger partial charge < -0.3 is 10.2 Å². The predicted octanol–water partition coefficient (Wildman–Crippen LogP) is 3.31. The number of nitrogens with zero attached hydrogens (tertiary/aromatic N) is 4. The summed E-state index contributed by atoms with van der Waals surface area (Å²) in [7, 11) is 0. The van der Waals surface area contributed by atoms with E-state index < -0.39 is 24.3 Å². The molecule has 0 radical (unpaired) electrons. The van der Waals surface area contributed by atoms with Gasteiger partial charge in [0.1, 0.15) is 0 Å². The van der Waals surface area contributed by atoms with Gasteiger partial charge in [-0.2, -0.15) is 26.3 Å². The molecule has 2 unspecified atom stereocenters.